The number of nitrogens with zero attached hydrogens (tertiary/aromatic N) is 4. The SMILES string of the molecule is CC(=O)SC1CC(=O)N(c2c(C#N)cnn2-c2ccccc2)C1. The summed E-state index contributed by atoms with van der Waals surface area (Å²) in [6, 6.07) is 11.4. The molecule has 2 aromatic rings. The summed E-state index contributed by atoms with van der Waals surface area (Å²) in [6.45, 7) is 1.89. The van der Waals surface area contributed by atoms with Gasteiger partial charge in [-0.1, -0.05) is 30.0 Å². The smallest absolute Gasteiger partial charge is 0.229 e. The number of benzene rings is 1. The van der Waals surface area contributed by atoms with Crippen molar-refractivity contribution >= 4 is 28.6 Å². The maximum Gasteiger partial charge on any atom is 0.229 e. The van der Waals surface area contributed by atoms with Crippen LogP contribution in [0.25, 0.3) is 5.69 Å². The minimum Gasteiger partial charge on any atom is -0.294 e. The molecule has 3 rings (SSSR count). The molecule has 0 saturated carbocycles. The predicted octanol–water partition coefficient (Wildman–Crippen LogP) is 2.13. The minimum atomic E-state index is -0.0991. The Morgan fingerprint density at radius 2 is 2.13 bits per heavy atom. The number of carbonyl (C=O) groups is 2. The second-order valence-corrected chi connectivity index (χ2v) is 6.66. The molecule has 2 heterocycles. The normalized spacial score (nSPS) is 17.3. The molecule has 6 nitrogen and oxygen atoms in total. The highest BCUT2D eigenvalue weighted by atomic mass is 32.2. The summed E-state index contributed by atoms with van der Waals surface area (Å²) in [6.07, 6.45) is 1.75. The first-order valence-electron chi connectivity index (χ1n) is 7.11. The summed E-state index contributed by atoms with van der Waals surface area (Å²) in [5.41, 5.74) is 1.12. The van der Waals surface area contributed by atoms with Crippen molar-refractivity contribution in [2.75, 3.05) is 11.4 Å². The molecular formula is C16H14N4O2S. The van der Waals surface area contributed by atoms with Crippen LogP contribution in [0.4, 0.5) is 5.82 Å². The number of anilines is 1. The molecule has 23 heavy (non-hydrogen) atoms. The fourth-order valence-electron chi connectivity index (χ4n) is 2.63. The number of rotatable bonds is 3. The van der Waals surface area contributed by atoms with Gasteiger partial charge >= 0.3 is 0 Å². The van der Waals surface area contributed by atoms with E-state index < -0.39 is 0 Å². The van der Waals surface area contributed by atoms with Crippen molar-refractivity contribution in [3.05, 3.63) is 42.1 Å². The second-order valence-electron chi connectivity index (χ2n) is 5.18. The van der Waals surface area contributed by atoms with Gasteiger partial charge in [-0.15, -0.1) is 0 Å². The van der Waals surface area contributed by atoms with Gasteiger partial charge in [-0.25, -0.2) is 4.68 Å². The number of nitriles is 1. The third kappa shape index (κ3) is 2.98. The van der Waals surface area contributed by atoms with Gasteiger partial charge in [0.1, 0.15) is 11.6 Å². The van der Waals surface area contributed by atoms with Gasteiger partial charge in [-0.05, 0) is 12.1 Å². The summed E-state index contributed by atoms with van der Waals surface area (Å²) in [5.74, 6) is 0.369. The molecule has 1 aliphatic heterocycles. The molecule has 1 aromatic carbocycles. The van der Waals surface area contributed by atoms with E-state index in [1.54, 1.807) is 9.58 Å². The summed E-state index contributed by atoms with van der Waals surface area (Å²) in [7, 11) is 0. The van der Waals surface area contributed by atoms with E-state index in [0.717, 1.165) is 5.69 Å². The highest BCUT2D eigenvalue weighted by Crippen LogP contribution is 2.32. The Morgan fingerprint density at radius 1 is 1.39 bits per heavy atom. The van der Waals surface area contributed by atoms with E-state index in [2.05, 4.69) is 11.2 Å². The van der Waals surface area contributed by atoms with Crippen molar-refractivity contribution in [1.82, 2.24) is 9.78 Å². The van der Waals surface area contributed by atoms with Gasteiger partial charge < -0.3 is 0 Å². The Kier molecular flexibility index (Phi) is 4.17. The van der Waals surface area contributed by atoms with E-state index in [9.17, 15) is 14.9 Å². The minimum absolute atomic E-state index is 0.0123. The van der Waals surface area contributed by atoms with Crippen LogP contribution in [0.3, 0.4) is 0 Å². The van der Waals surface area contributed by atoms with Crippen LogP contribution in [0.2, 0.25) is 0 Å². The Balaban J connectivity index is 2.00. The van der Waals surface area contributed by atoms with Crippen molar-refractivity contribution in [2.45, 2.75) is 18.6 Å². The highest BCUT2D eigenvalue weighted by Gasteiger charge is 2.35. The average Bonchev–Trinajstić information content (AvgIpc) is 3.10. The van der Waals surface area contributed by atoms with Gasteiger partial charge in [0.2, 0.25) is 5.91 Å². The topological polar surface area (TPSA) is 79.0 Å². The van der Waals surface area contributed by atoms with Gasteiger partial charge in [0.25, 0.3) is 0 Å². The summed E-state index contributed by atoms with van der Waals surface area (Å²) in [5, 5.41) is 13.5. The zero-order chi connectivity index (χ0) is 16.4. The number of hydrogen-bond acceptors (Lipinski definition) is 5. The quantitative estimate of drug-likeness (QED) is 0.863. The third-order valence-corrected chi connectivity index (χ3v) is 4.52. The average molecular weight is 326 g/mol. The molecule has 1 saturated heterocycles. The Bertz CT molecular complexity index is 794. The lowest BCUT2D eigenvalue weighted by Crippen LogP contribution is -2.28. The molecule has 1 aromatic heterocycles. The summed E-state index contributed by atoms with van der Waals surface area (Å²) in [4.78, 5) is 25.2. The maximum absolute atomic E-state index is 12.4. The molecule has 0 bridgehead atoms. The number of amides is 1. The Hall–Kier alpha value is -2.59. The number of carbonyl (C=O) groups excluding carboxylic acids is 2. The predicted molar refractivity (Wildman–Crippen MR) is 87.3 cm³/mol. The third-order valence-electron chi connectivity index (χ3n) is 3.54. The lowest BCUT2D eigenvalue weighted by atomic mass is 10.3. The maximum atomic E-state index is 12.4. The van der Waals surface area contributed by atoms with Crippen LogP contribution >= 0.6 is 11.8 Å². The molecule has 0 spiro atoms. The lowest BCUT2D eigenvalue weighted by Gasteiger charge is -2.18. The van der Waals surface area contributed by atoms with Gasteiger partial charge in [0, 0.05) is 25.1 Å². The zero-order valence-corrected chi connectivity index (χ0v) is 13.3. The molecule has 1 unspecified atom stereocenters. The molecular weight excluding hydrogens is 312 g/mol. The first-order chi connectivity index (χ1) is 11.1. The van der Waals surface area contributed by atoms with Gasteiger partial charge in [0.15, 0.2) is 10.9 Å². The number of aromatic nitrogens is 2. The van der Waals surface area contributed by atoms with E-state index in [0.29, 0.717) is 17.9 Å². The fraction of sp³-hybridized carbons (Fsp3) is 0.250. The summed E-state index contributed by atoms with van der Waals surface area (Å²) < 4.78 is 1.59. The first-order valence-corrected chi connectivity index (χ1v) is 7.99. The van der Waals surface area contributed by atoms with E-state index >= 15 is 0 Å². The molecule has 116 valence electrons. The van der Waals surface area contributed by atoms with E-state index in [-0.39, 0.29) is 22.7 Å². The van der Waals surface area contributed by atoms with E-state index in [1.807, 2.05) is 30.3 Å². The Labute approximate surface area is 137 Å². The molecule has 0 radical (unpaired) electrons. The molecule has 1 amide bonds. The molecule has 1 atom stereocenters. The van der Waals surface area contributed by atoms with Crippen LogP contribution in [0.1, 0.15) is 18.9 Å². The van der Waals surface area contributed by atoms with Crippen LogP contribution < -0.4 is 4.90 Å². The van der Waals surface area contributed by atoms with Crippen molar-refractivity contribution < 1.29 is 9.59 Å². The largest absolute Gasteiger partial charge is 0.294 e. The monoisotopic (exact) mass is 326 g/mol. The van der Waals surface area contributed by atoms with Crippen molar-refractivity contribution in [3.63, 3.8) is 0 Å². The lowest BCUT2D eigenvalue weighted by molar-refractivity contribution is -0.117. The Morgan fingerprint density at radius 3 is 2.78 bits per heavy atom. The number of thioether (sulfide) groups is 1. The summed E-state index contributed by atoms with van der Waals surface area (Å²) >= 11 is 1.17. The van der Waals surface area contributed by atoms with Crippen LogP contribution in [0, 0.1) is 11.3 Å². The number of para-hydroxylation sites is 1. The fourth-order valence-corrected chi connectivity index (χ4v) is 3.55. The van der Waals surface area contributed by atoms with E-state index in [4.69, 9.17) is 0 Å². The second kappa shape index (κ2) is 6.26. The zero-order valence-electron chi connectivity index (χ0n) is 12.5. The van der Waals surface area contributed by atoms with Crippen LogP contribution in [-0.4, -0.2) is 32.6 Å². The molecule has 7 heteroatoms. The first kappa shape index (κ1) is 15.3. The van der Waals surface area contributed by atoms with Crippen molar-refractivity contribution in [3.8, 4) is 11.8 Å². The molecule has 0 N–H and O–H groups in total. The highest BCUT2D eigenvalue weighted by molar-refractivity contribution is 8.14. The molecule has 1 aliphatic rings. The standard InChI is InChI=1S/C16H14N4O2S/c1-11(21)23-14-7-15(22)19(10-14)16-12(8-17)9-18-20(16)13-5-3-2-4-6-13/h2-6,9,14H,7,10H2,1H3. The van der Waals surface area contributed by atoms with E-state index in [1.165, 1.54) is 24.9 Å². The molecule has 0 aliphatic carbocycles. The van der Waals surface area contributed by atoms with Gasteiger partial charge in [-0.3, -0.25) is 14.5 Å². The van der Waals surface area contributed by atoms with Crippen LogP contribution in [0.5, 0.6) is 0 Å². The van der Waals surface area contributed by atoms with Crippen molar-refractivity contribution in [2.24, 2.45) is 0 Å². The van der Waals surface area contributed by atoms with Gasteiger partial charge in [-0.2, -0.15) is 10.4 Å². The van der Waals surface area contributed by atoms with Crippen LogP contribution in [-0.2, 0) is 9.59 Å². The van der Waals surface area contributed by atoms with Crippen LogP contribution in [0.15, 0.2) is 36.5 Å². The molecule has 1 fully saturated rings. The van der Waals surface area contributed by atoms with Crippen molar-refractivity contribution in [1.29, 1.82) is 5.26 Å². The van der Waals surface area contributed by atoms with Gasteiger partial charge in [0.05, 0.1) is 11.9 Å². The number of hydrogen-bond donors (Lipinski definition) is 0.